The van der Waals surface area contributed by atoms with Crippen LogP contribution in [0, 0.1) is 0 Å². The number of benzene rings is 3. The van der Waals surface area contributed by atoms with Crippen molar-refractivity contribution in [1.82, 2.24) is 5.48 Å². The number of anilines is 3. The Morgan fingerprint density at radius 3 is 2.47 bits per heavy atom. The van der Waals surface area contributed by atoms with Crippen LogP contribution in [-0.4, -0.2) is 30.6 Å². The second-order valence-corrected chi connectivity index (χ2v) is 7.39. The summed E-state index contributed by atoms with van der Waals surface area (Å²) in [7, 11) is 0. The number of amides is 3. The molecule has 0 aliphatic carbocycles. The Bertz CT molecular complexity index is 1180. The summed E-state index contributed by atoms with van der Waals surface area (Å²) >= 11 is 0. The Morgan fingerprint density at radius 2 is 1.69 bits per heavy atom. The van der Waals surface area contributed by atoms with Crippen LogP contribution in [0.3, 0.4) is 0 Å². The highest BCUT2D eigenvalue weighted by atomic mass is 16.7. The van der Waals surface area contributed by atoms with Gasteiger partial charge in [0.05, 0.1) is 11.4 Å². The third kappa shape index (κ3) is 3.65. The van der Waals surface area contributed by atoms with Crippen molar-refractivity contribution < 1.29 is 24.3 Å². The fraction of sp³-hybridized carbons (Fsp3) is 0.130. The van der Waals surface area contributed by atoms with E-state index >= 15 is 0 Å². The van der Waals surface area contributed by atoms with Gasteiger partial charge in [0.1, 0.15) is 6.67 Å². The van der Waals surface area contributed by atoms with Crippen LogP contribution in [0.1, 0.15) is 15.9 Å². The summed E-state index contributed by atoms with van der Waals surface area (Å²) in [4.78, 5) is 28.4. The topological polar surface area (TPSA) is 103 Å². The third-order valence-corrected chi connectivity index (χ3v) is 5.39. The summed E-state index contributed by atoms with van der Waals surface area (Å²) in [5, 5.41) is 11.7. The molecule has 2 heterocycles. The van der Waals surface area contributed by atoms with Gasteiger partial charge in [-0.05, 0) is 42.0 Å². The molecule has 0 saturated heterocycles. The van der Waals surface area contributed by atoms with Crippen LogP contribution in [0.15, 0.2) is 66.7 Å². The molecule has 162 valence electrons. The minimum atomic E-state index is -0.561. The van der Waals surface area contributed by atoms with Crippen molar-refractivity contribution in [3.05, 3.63) is 77.9 Å². The normalized spacial score (nSPS) is 13.7. The zero-order chi connectivity index (χ0) is 22.1. The maximum absolute atomic E-state index is 13.1. The summed E-state index contributed by atoms with van der Waals surface area (Å²) in [6.07, 6.45) is 0. The number of para-hydroxylation sites is 2. The second kappa shape index (κ2) is 8.12. The van der Waals surface area contributed by atoms with Gasteiger partial charge < -0.3 is 19.7 Å². The average molecular weight is 432 g/mol. The largest absolute Gasteiger partial charge is 0.454 e. The van der Waals surface area contributed by atoms with Crippen LogP contribution in [-0.2, 0) is 6.54 Å². The van der Waals surface area contributed by atoms with Gasteiger partial charge in [-0.3, -0.25) is 14.9 Å². The van der Waals surface area contributed by atoms with Gasteiger partial charge in [0.15, 0.2) is 11.5 Å². The molecule has 0 radical (unpaired) electrons. The molecule has 3 N–H and O–H groups in total. The van der Waals surface area contributed by atoms with Crippen molar-refractivity contribution in [3.63, 3.8) is 0 Å². The van der Waals surface area contributed by atoms with E-state index in [4.69, 9.17) is 14.7 Å². The minimum absolute atomic E-state index is 0.173. The van der Waals surface area contributed by atoms with Crippen molar-refractivity contribution in [3.8, 4) is 11.5 Å². The molecule has 3 aromatic rings. The third-order valence-electron chi connectivity index (χ3n) is 5.39. The van der Waals surface area contributed by atoms with E-state index in [0.29, 0.717) is 36.0 Å². The lowest BCUT2D eigenvalue weighted by Crippen LogP contribution is -2.38. The molecule has 2 aliphatic heterocycles. The molecule has 3 aromatic carbocycles. The molecule has 0 aromatic heterocycles. The summed E-state index contributed by atoms with van der Waals surface area (Å²) in [5.74, 6) is 0.696. The molecule has 9 nitrogen and oxygen atoms in total. The summed E-state index contributed by atoms with van der Waals surface area (Å²) in [6, 6.07) is 19.7. The molecule has 9 heteroatoms. The Morgan fingerprint density at radius 1 is 0.938 bits per heavy atom. The molecule has 0 spiro atoms. The van der Waals surface area contributed by atoms with E-state index in [9.17, 15) is 9.59 Å². The number of urea groups is 1. The Balaban J connectivity index is 1.33. The Kier molecular flexibility index (Phi) is 5.00. The monoisotopic (exact) mass is 432 g/mol. The Hall–Kier alpha value is -4.24. The first-order chi connectivity index (χ1) is 15.6. The van der Waals surface area contributed by atoms with Crippen LogP contribution in [0.5, 0.6) is 11.5 Å². The maximum Gasteiger partial charge on any atom is 0.327 e. The van der Waals surface area contributed by atoms with Crippen LogP contribution in [0.4, 0.5) is 21.9 Å². The first-order valence-corrected chi connectivity index (χ1v) is 9.98. The Labute approximate surface area is 183 Å². The highest BCUT2D eigenvalue weighted by Gasteiger charge is 2.30. The smallest absolute Gasteiger partial charge is 0.327 e. The number of hydrogen-bond donors (Lipinski definition) is 3. The predicted octanol–water partition coefficient (Wildman–Crippen LogP) is 3.55. The molecule has 5 rings (SSSR count). The number of hydroxylamine groups is 1. The first kappa shape index (κ1) is 19.7. The number of hydrogen-bond acceptors (Lipinski definition) is 6. The number of carbonyl (C=O) groups is 2. The quantitative estimate of drug-likeness (QED) is 0.430. The maximum atomic E-state index is 13.1. The lowest BCUT2D eigenvalue weighted by atomic mass is 10.1. The van der Waals surface area contributed by atoms with Gasteiger partial charge in [0.25, 0.3) is 5.91 Å². The molecule has 0 atom stereocenters. The van der Waals surface area contributed by atoms with Gasteiger partial charge in [-0.25, -0.2) is 10.3 Å². The lowest BCUT2D eigenvalue weighted by molar-refractivity contribution is 0.0706. The van der Waals surface area contributed by atoms with E-state index < -0.39 is 5.91 Å². The van der Waals surface area contributed by atoms with E-state index in [1.807, 2.05) is 36.4 Å². The van der Waals surface area contributed by atoms with Gasteiger partial charge >= 0.3 is 6.03 Å². The second-order valence-electron chi connectivity index (χ2n) is 7.39. The highest BCUT2D eigenvalue weighted by Crippen LogP contribution is 2.38. The molecule has 0 bridgehead atoms. The summed E-state index contributed by atoms with van der Waals surface area (Å²) < 4.78 is 10.7. The van der Waals surface area contributed by atoms with Gasteiger partial charge in [-0.2, -0.15) is 0 Å². The van der Waals surface area contributed by atoms with Gasteiger partial charge in [-0.15, -0.1) is 0 Å². The van der Waals surface area contributed by atoms with Crippen molar-refractivity contribution >= 4 is 29.0 Å². The van der Waals surface area contributed by atoms with Crippen molar-refractivity contribution in [2.45, 2.75) is 6.54 Å². The van der Waals surface area contributed by atoms with Gasteiger partial charge in [0, 0.05) is 23.9 Å². The summed E-state index contributed by atoms with van der Waals surface area (Å²) in [5.41, 5.74) is 5.31. The fourth-order valence-corrected chi connectivity index (χ4v) is 3.80. The van der Waals surface area contributed by atoms with Crippen LogP contribution in [0.2, 0.25) is 0 Å². The molecule has 0 unspecified atom stereocenters. The molecule has 0 fully saturated rings. The number of nitrogens with zero attached hydrogens (tertiary/aromatic N) is 2. The van der Waals surface area contributed by atoms with E-state index in [2.05, 4.69) is 10.2 Å². The average Bonchev–Trinajstić information content (AvgIpc) is 3.44. The molecule has 32 heavy (non-hydrogen) atoms. The van der Waals surface area contributed by atoms with E-state index in [-0.39, 0.29) is 12.8 Å². The number of rotatable bonds is 4. The SMILES string of the molecule is O=C(NO)c1ccc(CN2CN(C(=O)Nc3ccc4c(c3)OCO4)c3ccccc32)cc1. The first-order valence-electron chi connectivity index (χ1n) is 9.98. The van der Waals surface area contributed by atoms with Crippen molar-refractivity contribution in [1.29, 1.82) is 0 Å². The standard InChI is InChI=1S/C23H20N4O5/c28-22(25-30)16-7-5-15(6-8-16)12-26-13-27(19-4-2-1-3-18(19)26)23(29)24-17-9-10-20-21(11-17)32-14-31-20/h1-11,30H,12-14H2,(H,24,29)(H,25,28). The molecule has 3 amide bonds. The minimum Gasteiger partial charge on any atom is -0.454 e. The van der Waals surface area contributed by atoms with Crippen LogP contribution in [0.25, 0.3) is 0 Å². The zero-order valence-electron chi connectivity index (χ0n) is 16.9. The molecule has 2 aliphatic rings. The van der Waals surface area contributed by atoms with E-state index in [1.54, 1.807) is 40.7 Å². The van der Waals surface area contributed by atoms with E-state index in [0.717, 1.165) is 16.9 Å². The van der Waals surface area contributed by atoms with Crippen molar-refractivity contribution in [2.75, 3.05) is 28.6 Å². The van der Waals surface area contributed by atoms with Crippen LogP contribution >= 0.6 is 0 Å². The van der Waals surface area contributed by atoms with Crippen LogP contribution < -0.4 is 30.1 Å². The van der Waals surface area contributed by atoms with E-state index in [1.165, 1.54) is 0 Å². The van der Waals surface area contributed by atoms with Crippen molar-refractivity contribution in [2.24, 2.45) is 0 Å². The van der Waals surface area contributed by atoms with Gasteiger partial charge in [0.2, 0.25) is 6.79 Å². The molecule has 0 saturated carbocycles. The number of carbonyl (C=O) groups excluding carboxylic acids is 2. The number of nitrogens with one attached hydrogen (secondary N) is 2. The predicted molar refractivity (Wildman–Crippen MR) is 117 cm³/mol. The number of ether oxygens (including phenoxy) is 2. The van der Waals surface area contributed by atoms with Gasteiger partial charge in [-0.1, -0.05) is 24.3 Å². The number of fused-ring (bicyclic) bond motifs is 2. The zero-order valence-corrected chi connectivity index (χ0v) is 16.9. The molecular formula is C23H20N4O5. The summed E-state index contributed by atoms with van der Waals surface area (Å²) in [6.45, 7) is 1.09. The highest BCUT2D eigenvalue weighted by molar-refractivity contribution is 6.06. The lowest BCUT2D eigenvalue weighted by Gasteiger charge is -2.21. The molecular weight excluding hydrogens is 412 g/mol. The fourth-order valence-electron chi connectivity index (χ4n) is 3.80.